The normalized spacial score (nSPS) is 21.6. The molecule has 0 saturated carbocycles. The average molecular weight is 525 g/mol. The van der Waals surface area contributed by atoms with Gasteiger partial charge in [0, 0.05) is 37.9 Å². The van der Waals surface area contributed by atoms with Crippen molar-refractivity contribution in [2.24, 2.45) is 5.73 Å². The van der Waals surface area contributed by atoms with E-state index in [-0.39, 0.29) is 17.9 Å². The van der Waals surface area contributed by atoms with Crippen LogP contribution in [-0.2, 0) is 4.74 Å². The molecule has 3 aromatic heterocycles. The van der Waals surface area contributed by atoms with Crippen molar-refractivity contribution in [2.45, 2.75) is 43.5 Å². The predicted octanol–water partition coefficient (Wildman–Crippen LogP) is 2.86. The highest BCUT2D eigenvalue weighted by Crippen LogP contribution is 2.49. The summed E-state index contributed by atoms with van der Waals surface area (Å²) in [5, 5.41) is 14.1. The predicted molar refractivity (Wildman–Crippen MR) is 130 cm³/mol. The minimum atomic E-state index is -4.49. The van der Waals surface area contributed by atoms with Crippen molar-refractivity contribution in [3.63, 3.8) is 0 Å². The molecule has 0 spiro atoms. The summed E-state index contributed by atoms with van der Waals surface area (Å²) in [5.41, 5.74) is 12.9. The third-order valence-corrected chi connectivity index (χ3v) is 7.46. The second-order valence-electron chi connectivity index (χ2n) is 8.90. The van der Waals surface area contributed by atoms with Gasteiger partial charge in [0.05, 0.1) is 21.6 Å². The summed E-state index contributed by atoms with van der Waals surface area (Å²) in [7, 11) is 0. The molecule has 6 N–H and O–H groups in total. The van der Waals surface area contributed by atoms with Crippen LogP contribution in [0.3, 0.4) is 0 Å². The van der Waals surface area contributed by atoms with Gasteiger partial charge in [-0.15, -0.1) is 11.3 Å². The molecule has 36 heavy (non-hydrogen) atoms. The van der Waals surface area contributed by atoms with E-state index in [1.807, 2.05) is 11.0 Å². The standard InChI is InChI=1S/C23H27F3N6O3S/c24-23(25,26)11-34-15-9-16(31-22-17(15)18(27)20(36-22)19-21(28)35-19)32-7-4-12(5-8-32)30-10-14(33)13-3-1-2-6-29-13/h1-3,6,9,12,14,19,21,30,33H,4-5,7-8,10-11,27-28H2. The Morgan fingerprint density at radius 2 is 2.06 bits per heavy atom. The molecule has 5 rings (SSSR count). The topological polar surface area (TPSA) is 135 Å². The first kappa shape index (κ1) is 25.0. The summed E-state index contributed by atoms with van der Waals surface area (Å²) in [6, 6.07) is 7.11. The van der Waals surface area contributed by atoms with Gasteiger partial charge in [0.15, 0.2) is 6.61 Å². The van der Waals surface area contributed by atoms with Gasteiger partial charge in [-0.05, 0) is 25.0 Å². The molecule has 3 aromatic rings. The summed E-state index contributed by atoms with van der Waals surface area (Å²) in [6.07, 6.45) is -2.87. The van der Waals surface area contributed by atoms with Crippen molar-refractivity contribution >= 4 is 33.1 Å². The smallest absolute Gasteiger partial charge is 0.422 e. The van der Waals surface area contributed by atoms with Crippen LogP contribution >= 0.6 is 11.3 Å². The number of aromatic nitrogens is 2. The van der Waals surface area contributed by atoms with E-state index < -0.39 is 25.1 Å². The first-order valence-electron chi connectivity index (χ1n) is 11.6. The minimum absolute atomic E-state index is 0.0419. The Bertz CT molecular complexity index is 1200. The highest BCUT2D eigenvalue weighted by Gasteiger charge is 2.41. The van der Waals surface area contributed by atoms with Gasteiger partial charge in [0.25, 0.3) is 0 Å². The van der Waals surface area contributed by atoms with E-state index >= 15 is 0 Å². The summed E-state index contributed by atoms with van der Waals surface area (Å²) in [6.45, 7) is 0.224. The van der Waals surface area contributed by atoms with E-state index in [2.05, 4.69) is 10.3 Å². The van der Waals surface area contributed by atoms with Gasteiger partial charge in [-0.25, -0.2) is 4.98 Å². The third kappa shape index (κ3) is 5.49. The van der Waals surface area contributed by atoms with Gasteiger partial charge < -0.3 is 36.3 Å². The molecule has 0 aromatic carbocycles. The number of aliphatic hydroxyl groups excluding tert-OH is 1. The Kier molecular flexibility index (Phi) is 6.92. The SMILES string of the molecule is Nc1c(C2OC2N)sc2nc(N3CCC(NCC(O)c4ccccn4)CC3)cc(OCC(F)(F)F)c12. The first-order valence-corrected chi connectivity index (χ1v) is 12.4. The number of nitrogens with one attached hydrogen (secondary N) is 1. The van der Waals surface area contributed by atoms with E-state index in [9.17, 15) is 18.3 Å². The molecule has 194 valence electrons. The van der Waals surface area contributed by atoms with Gasteiger partial charge in [-0.2, -0.15) is 13.2 Å². The number of thiophene rings is 1. The third-order valence-electron chi connectivity index (χ3n) is 6.30. The zero-order valence-corrected chi connectivity index (χ0v) is 20.1. The van der Waals surface area contributed by atoms with Gasteiger partial charge in [-0.3, -0.25) is 4.98 Å². The lowest BCUT2D eigenvalue weighted by Gasteiger charge is -2.33. The fourth-order valence-corrected chi connectivity index (χ4v) is 5.52. The molecular formula is C23H27F3N6O3S. The van der Waals surface area contributed by atoms with Crippen LogP contribution in [0.1, 0.15) is 35.6 Å². The zero-order valence-electron chi connectivity index (χ0n) is 19.2. The second kappa shape index (κ2) is 9.98. The molecule has 0 bridgehead atoms. The summed E-state index contributed by atoms with van der Waals surface area (Å²) >= 11 is 1.26. The number of hydrogen-bond acceptors (Lipinski definition) is 10. The van der Waals surface area contributed by atoms with Crippen molar-refractivity contribution in [3.05, 3.63) is 41.0 Å². The molecule has 0 aliphatic carbocycles. The average Bonchev–Trinajstić information content (AvgIpc) is 3.50. The number of anilines is 2. The van der Waals surface area contributed by atoms with Crippen LogP contribution in [0.25, 0.3) is 10.2 Å². The lowest BCUT2D eigenvalue weighted by Crippen LogP contribution is -2.44. The lowest BCUT2D eigenvalue weighted by atomic mass is 10.0. The molecule has 2 fully saturated rings. The van der Waals surface area contributed by atoms with Crippen molar-refractivity contribution in [2.75, 3.05) is 36.9 Å². The van der Waals surface area contributed by atoms with Crippen LogP contribution < -0.4 is 26.4 Å². The van der Waals surface area contributed by atoms with E-state index in [1.54, 1.807) is 18.3 Å². The van der Waals surface area contributed by atoms with Crippen molar-refractivity contribution < 1.29 is 27.8 Å². The van der Waals surface area contributed by atoms with Crippen LogP contribution in [0, 0.1) is 0 Å². The number of nitrogen functional groups attached to an aromatic ring is 1. The number of nitrogens with zero attached hydrogens (tertiary/aromatic N) is 3. The number of piperidine rings is 1. The van der Waals surface area contributed by atoms with E-state index in [0.29, 0.717) is 51.9 Å². The molecule has 0 radical (unpaired) electrons. The maximum absolute atomic E-state index is 12.9. The number of nitrogens with two attached hydrogens (primary N) is 2. The second-order valence-corrected chi connectivity index (χ2v) is 9.93. The van der Waals surface area contributed by atoms with E-state index in [4.69, 9.17) is 25.9 Å². The van der Waals surface area contributed by atoms with Crippen LogP contribution in [0.5, 0.6) is 5.75 Å². The number of ether oxygens (including phenoxy) is 2. The monoisotopic (exact) mass is 524 g/mol. The van der Waals surface area contributed by atoms with Crippen molar-refractivity contribution in [1.29, 1.82) is 0 Å². The molecular weight excluding hydrogens is 497 g/mol. The van der Waals surface area contributed by atoms with Gasteiger partial charge in [0.1, 0.15) is 34.8 Å². The van der Waals surface area contributed by atoms with Gasteiger partial charge in [-0.1, -0.05) is 6.07 Å². The van der Waals surface area contributed by atoms with E-state index in [0.717, 1.165) is 12.8 Å². The lowest BCUT2D eigenvalue weighted by molar-refractivity contribution is -0.153. The molecule has 0 amide bonds. The number of aliphatic hydroxyl groups is 1. The van der Waals surface area contributed by atoms with Crippen LogP contribution in [-0.4, -0.2) is 59.8 Å². The number of rotatable bonds is 8. The number of fused-ring (bicyclic) bond motifs is 1. The van der Waals surface area contributed by atoms with E-state index in [1.165, 1.54) is 17.4 Å². The zero-order chi connectivity index (χ0) is 25.4. The summed E-state index contributed by atoms with van der Waals surface area (Å²) in [4.78, 5) is 12.0. The Labute approximate surface area is 209 Å². The molecule has 3 unspecified atom stereocenters. The largest absolute Gasteiger partial charge is 0.483 e. The van der Waals surface area contributed by atoms with Crippen LogP contribution in [0.15, 0.2) is 30.5 Å². The Morgan fingerprint density at radius 1 is 1.31 bits per heavy atom. The Hall–Kier alpha value is -2.71. The molecule has 13 heteroatoms. The Morgan fingerprint density at radius 3 is 2.69 bits per heavy atom. The van der Waals surface area contributed by atoms with Crippen LogP contribution in [0.4, 0.5) is 24.7 Å². The fraction of sp³-hybridized carbons (Fsp3) is 0.478. The number of alkyl halides is 3. The van der Waals surface area contributed by atoms with Crippen LogP contribution in [0.2, 0.25) is 0 Å². The number of pyridine rings is 2. The quantitative estimate of drug-likeness (QED) is 0.328. The highest BCUT2D eigenvalue weighted by atomic mass is 32.1. The molecule has 2 aliphatic heterocycles. The van der Waals surface area contributed by atoms with Crippen molar-refractivity contribution in [1.82, 2.24) is 15.3 Å². The molecule has 9 nitrogen and oxygen atoms in total. The number of hydrogen-bond donors (Lipinski definition) is 4. The first-order chi connectivity index (χ1) is 17.2. The number of epoxide rings is 1. The van der Waals surface area contributed by atoms with Gasteiger partial charge >= 0.3 is 6.18 Å². The minimum Gasteiger partial charge on any atom is -0.483 e. The van der Waals surface area contributed by atoms with Gasteiger partial charge in [0.2, 0.25) is 0 Å². The van der Waals surface area contributed by atoms with Crippen molar-refractivity contribution in [3.8, 4) is 5.75 Å². The molecule has 2 aliphatic rings. The maximum atomic E-state index is 12.9. The molecule has 5 heterocycles. The highest BCUT2D eigenvalue weighted by molar-refractivity contribution is 7.19. The maximum Gasteiger partial charge on any atom is 0.422 e. The fourth-order valence-electron chi connectivity index (χ4n) is 4.34. The summed E-state index contributed by atoms with van der Waals surface area (Å²) in [5.74, 6) is 0.570. The summed E-state index contributed by atoms with van der Waals surface area (Å²) < 4.78 is 49.3. The molecule has 3 atom stereocenters. The number of halogens is 3. The molecule has 2 saturated heterocycles. The Balaban J connectivity index is 1.29.